The minimum Gasteiger partial charge on any atom is -0.366 e. The van der Waals surface area contributed by atoms with Crippen LogP contribution in [0.2, 0.25) is 0 Å². The van der Waals surface area contributed by atoms with E-state index in [4.69, 9.17) is 5.73 Å². The van der Waals surface area contributed by atoms with Crippen molar-refractivity contribution in [3.63, 3.8) is 0 Å². The summed E-state index contributed by atoms with van der Waals surface area (Å²) in [6.45, 7) is 0. The summed E-state index contributed by atoms with van der Waals surface area (Å²) >= 11 is 0. The van der Waals surface area contributed by atoms with Gasteiger partial charge in [-0.1, -0.05) is 12.1 Å². The van der Waals surface area contributed by atoms with Crippen LogP contribution < -0.4 is 5.73 Å². The molecule has 4 heteroatoms. The number of aromatic nitrogens is 2. The third-order valence-corrected chi connectivity index (χ3v) is 2.08. The Morgan fingerprint density at radius 3 is 2.94 bits per heavy atom. The van der Waals surface area contributed by atoms with Crippen molar-refractivity contribution < 1.29 is 4.79 Å². The van der Waals surface area contributed by atoms with E-state index in [0.717, 1.165) is 11.3 Å². The van der Waals surface area contributed by atoms with Crippen LogP contribution in [0.1, 0.15) is 5.56 Å². The molecule has 4 nitrogen and oxygen atoms in total. The molecule has 0 radical (unpaired) electrons. The lowest BCUT2D eigenvalue weighted by atomic mass is 10.2. The van der Waals surface area contributed by atoms with Crippen molar-refractivity contribution in [3.05, 3.63) is 54.4 Å². The second-order valence-electron chi connectivity index (χ2n) is 3.28. The summed E-state index contributed by atoms with van der Waals surface area (Å²) in [6, 6.07) is 9.51. The summed E-state index contributed by atoms with van der Waals surface area (Å²) < 4.78 is 1.75. The molecule has 16 heavy (non-hydrogen) atoms. The van der Waals surface area contributed by atoms with Crippen LogP contribution in [0.4, 0.5) is 0 Å². The number of hydrogen-bond donors (Lipinski definition) is 1. The molecule has 80 valence electrons. The molecule has 2 N–H and O–H groups in total. The van der Waals surface area contributed by atoms with Crippen molar-refractivity contribution in [1.82, 2.24) is 9.78 Å². The van der Waals surface area contributed by atoms with E-state index in [0.29, 0.717) is 0 Å². The van der Waals surface area contributed by atoms with Crippen molar-refractivity contribution in [1.29, 1.82) is 0 Å². The molecule has 2 aromatic rings. The maximum absolute atomic E-state index is 10.6. The van der Waals surface area contributed by atoms with Crippen LogP contribution in [-0.4, -0.2) is 15.7 Å². The fourth-order valence-corrected chi connectivity index (χ4v) is 1.37. The Labute approximate surface area is 93.0 Å². The van der Waals surface area contributed by atoms with E-state index in [1.165, 1.54) is 6.08 Å². The van der Waals surface area contributed by atoms with Crippen LogP contribution in [0.5, 0.6) is 0 Å². The van der Waals surface area contributed by atoms with Crippen LogP contribution in [-0.2, 0) is 4.79 Å². The van der Waals surface area contributed by atoms with Crippen molar-refractivity contribution in [2.45, 2.75) is 0 Å². The summed E-state index contributed by atoms with van der Waals surface area (Å²) in [7, 11) is 0. The van der Waals surface area contributed by atoms with Gasteiger partial charge in [0.15, 0.2) is 0 Å². The van der Waals surface area contributed by atoms with E-state index in [1.807, 2.05) is 36.5 Å². The monoisotopic (exact) mass is 213 g/mol. The average molecular weight is 213 g/mol. The lowest BCUT2D eigenvalue weighted by Crippen LogP contribution is -2.05. The number of hydrogen-bond acceptors (Lipinski definition) is 2. The smallest absolute Gasteiger partial charge is 0.241 e. The zero-order valence-electron chi connectivity index (χ0n) is 8.58. The molecule has 0 spiro atoms. The van der Waals surface area contributed by atoms with E-state index in [1.54, 1.807) is 17.0 Å². The Balaban J connectivity index is 2.30. The number of primary amides is 1. The first-order valence-electron chi connectivity index (χ1n) is 4.83. The fraction of sp³-hybridized carbons (Fsp3) is 0. The highest BCUT2D eigenvalue weighted by Gasteiger charge is 1.96. The fourth-order valence-electron chi connectivity index (χ4n) is 1.37. The number of amides is 1. The van der Waals surface area contributed by atoms with Gasteiger partial charge in [-0.15, -0.1) is 0 Å². The summed E-state index contributed by atoms with van der Waals surface area (Å²) in [5, 5.41) is 4.12. The van der Waals surface area contributed by atoms with Crippen LogP contribution in [0.15, 0.2) is 48.8 Å². The maximum atomic E-state index is 10.6. The number of benzene rings is 1. The molecule has 0 aliphatic carbocycles. The maximum Gasteiger partial charge on any atom is 0.241 e. The van der Waals surface area contributed by atoms with Gasteiger partial charge in [0.1, 0.15) is 0 Å². The molecule has 0 saturated carbocycles. The van der Waals surface area contributed by atoms with E-state index < -0.39 is 5.91 Å². The number of carbonyl (C=O) groups is 1. The standard InChI is InChI=1S/C12H11N3O/c13-12(16)6-5-10-3-1-4-11(9-10)15-8-2-7-14-15/h1-9H,(H2,13,16)/b6-5-. The van der Waals surface area contributed by atoms with Gasteiger partial charge in [-0.2, -0.15) is 5.10 Å². The summed E-state index contributed by atoms with van der Waals surface area (Å²) in [6.07, 6.45) is 6.58. The molecule has 0 bridgehead atoms. The molecular formula is C12H11N3O. The predicted octanol–water partition coefficient (Wildman–Crippen LogP) is 1.37. The number of nitrogens with two attached hydrogens (primary N) is 1. The SMILES string of the molecule is NC(=O)/C=C\c1cccc(-n2cccn2)c1. The molecular weight excluding hydrogens is 202 g/mol. The molecule has 1 aromatic carbocycles. The number of rotatable bonds is 3. The highest BCUT2D eigenvalue weighted by Crippen LogP contribution is 2.10. The number of carbonyl (C=O) groups excluding carboxylic acids is 1. The van der Waals surface area contributed by atoms with Crippen LogP contribution >= 0.6 is 0 Å². The van der Waals surface area contributed by atoms with Gasteiger partial charge in [-0.25, -0.2) is 4.68 Å². The molecule has 0 aliphatic rings. The molecule has 1 aromatic heterocycles. The van der Waals surface area contributed by atoms with Crippen molar-refractivity contribution in [2.75, 3.05) is 0 Å². The molecule has 2 rings (SSSR count). The van der Waals surface area contributed by atoms with Crippen molar-refractivity contribution >= 4 is 12.0 Å². The Bertz CT molecular complexity index is 515. The molecule has 0 aliphatic heterocycles. The zero-order chi connectivity index (χ0) is 11.4. The summed E-state index contributed by atoms with van der Waals surface area (Å²) in [4.78, 5) is 10.6. The Hall–Kier alpha value is -2.36. The van der Waals surface area contributed by atoms with E-state index in [-0.39, 0.29) is 0 Å². The first-order valence-corrected chi connectivity index (χ1v) is 4.83. The van der Waals surface area contributed by atoms with Gasteiger partial charge in [0.25, 0.3) is 0 Å². The van der Waals surface area contributed by atoms with Crippen molar-refractivity contribution in [3.8, 4) is 5.69 Å². The summed E-state index contributed by atoms with van der Waals surface area (Å²) in [5.41, 5.74) is 6.88. The average Bonchev–Trinajstić information content (AvgIpc) is 2.80. The Morgan fingerprint density at radius 2 is 2.25 bits per heavy atom. The van der Waals surface area contributed by atoms with Crippen LogP contribution in [0, 0.1) is 0 Å². The highest BCUT2D eigenvalue weighted by molar-refractivity contribution is 5.90. The molecule has 0 atom stereocenters. The molecule has 0 unspecified atom stereocenters. The summed E-state index contributed by atoms with van der Waals surface area (Å²) in [5.74, 6) is -0.454. The Kier molecular flexibility index (Phi) is 2.82. The van der Waals surface area contributed by atoms with Gasteiger partial charge >= 0.3 is 0 Å². The van der Waals surface area contributed by atoms with E-state index in [2.05, 4.69) is 5.10 Å². The molecule has 0 fully saturated rings. The van der Waals surface area contributed by atoms with Crippen LogP contribution in [0.25, 0.3) is 11.8 Å². The lowest BCUT2D eigenvalue weighted by molar-refractivity contribution is -0.113. The van der Waals surface area contributed by atoms with Crippen molar-refractivity contribution in [2.24, 2.45) is 5.73 Å². The third kappa shape index (κ3) is 2.36. The largest absolute Gasteiger partial charge is 0.366 e. The minimum atomic E-state index is -0.454. The topological polar surface area (TPSA) is 60.9 Å². The second kappa shape index (κ2) is 4.44. The minimum absolute atomic E-state index is 0.454. The first kappa shape index (κ1) is 10.2. The van der Waals surface area contributed by atoms with Gasteiger partial charge < -0.3 is 5.73 Å². The molecule has 1 heterocycles. The van der Waals surface area contributed by atoms with Gasteiger partial charge in [0.05, 0.1) is 5.69 Å². The molecule has 0 saturated heterocycles. The zero-order valence-corrected chi connectivity index (χ0v) is 8.58. The lowest BCUT2D eigenvalue weighted by Gasteiger charge is -2.01. The predicted molar refractivity (Wildman–Crippen MR) is 61.8 cm³/mol. The second-order valence-corrected chi connectivity index (χ2v) is 3.28. The molecule has 1 amide bonds. The Morgan fingerprint density at radius 1 is 1.38 bits per heavy atom. The third-order valence-electron chi connectivity index (χ3n) is 2.08. The van der Waals surface area contributed by atoms with Gasteiger partial charge in [0.2, 0.25) is 5.91 Å². The van der Waals surface area contributed by atoms with Gasteiger partial charge in [0, 0.05) is 18.5 Å². The van der Waals surface area contributed by atoms with Crippen LogP contribution in [0.3, 0.4) is 0 Å². The normalized spacial score (nSPS) is 10.8. The highest BCUT2D eigenvalue weighted by atomic mass is 16.1. The first-order chi connectivity index (χ1) is 7.75. The van der Waals surface area contributed by atoms with Gasteiger partial charge in [-0.05, 0) is 29.8 Å². The van der Waals surface area contributed by atoms with E-state index in [9.17, 15) is 4.79 Å². The van der Waals surface area contributed by atoms with E-state index >= 15 is 0 Å². The van der Waals surface area contributed by atoms with Gasteiger partial charge in [-0.3, -0.25) is 4.79 Å². The quantitative estimate of drug-likeness (QED) is 0.783. The number of nitrogens with zero attached hydrogens (tertiary/aromatic N) is 2.